The van der Waals surface area contributed by atoms with Gasteiger partial charge in [-0.3, -0.25) is 0 Å². The van der Waals surface area contributed by atoms with Crippen LogP contribution in [0.1, 0.15) is 178 Å². The number of benzene rings is 8. The molecule has 0 bridgehead atoms. The maximum absolute atomic E-state index is 5.67. The first-order valence-electron chi connectivity index (χ1n) is 28.6. The molecule has 0 spiro atoms. The zero-order valence-corrected chi connectivity index (χ0v) is 43.9. The predicted octanol–water partition coefficient (Wildman–Crippen LogP) is 20.8. The molecule has 366 valence electrons. The van der Waals surface area contributed by atoms with E-state index in [4.69, 9.17) is 9.97 Å². The van der Waals surface area contributed by atoms with Gasteiger partial charge in [-0.1, -0.05) is 252 Å². The Morgan fingerprint density at radius 1 is 0.292 bits per heavy atom. The summed E-state index contributed by atoms with van der Waals surface area (Å²) in [5.74, 6) is 0. The number of rotatable bonds is 22. The fourth-order valence-electron chi connectivity index (χ4n) is 13.8. The lowest BCUT2D eigenvalue weighted by molar-refractivity contribution is 0.401. The fourth-order valence-corrected chi connectivity index (χ4v) is 13.8. The molecule has 9 aromatic rings. The molecule has 2 aliphatic carbocycles. The molecule has 0 fully saturated rings. The van der Waals surface area contributed by atoms with E-state index in [0.717, 1.165) is 32.8 Å². The van der Waals surface area contributed by atoms with Gasteiger partial charge in [-0.05, 0) is 127 Å². The maximum atomic E-state index is 5.67. The van der Waals surface area contributed by atoms with Crippen molar-refractivity contribution in [2.24, 2.45) is 0 Å². The van der Waals surface area contributed by atoms with E-state index >= 15 is 0 Å². The number of unbranched alkanes of at least 4 members (excludes halogenated alkanes) is 12. The van der Waals surface area contributed by atoms with Gasteiger partial charge >= 0.3 is 0 Å². The molecule has 0 aliphatic heterocycles. The second kappa shape index (κ2) is 21.2. The Hall–Kier alpha value is -6.12. The van der Waals surface area contributed by atoms with Gasteiger partial charge in [-0.25, -0.2) is 9.97 Å². The molecule has 1 heterocycles. The van der Waals surface area contributed by atoms with Crippen LogP contribution in [0.5, 0.6) is 0 Å². The largest absolute Gasteiger partial charge is 0.244 e. The van der Waals surface area contributed by atoms with Gasteiger partial charge in [0.15, 0.2) is 0 Å². The zero-order valence-electron chi connectivity index (χ0n) is 43.9. The second-order valence-corrected chi connectivity index (χ2v) is 21.9. The lowest BCUT2D eigenvalue weighted by Crippen LogP contribution is -2.25. The van der Waals surface area contributed by atoms with Crippen molar-refractivity contribution in [3.05, 3.63) is 168 Å². The van der Waals surface area contributed by atoms with Gasteiger partial charge in [-0.2, -0.15) is 0 Å². The lowest BCUT2D eigenvalue weighted by atomic mass is 9.70. The van der Waals surface area contributed by atoms with Gasteiger partial charge in [0.05, 0.1) is 22.1 Å². The maximum Gasteiger partial charge on any atom is 0.0979 e. The molecule has 2 aliphatic rings. The van der Waals surface area contributed by atoms with E-state index in [1.807, 2.05) is 0 Å². The molecule has 0 N–H and O–H groups in total. The van der Waals surface area contributed by atoms with Crippen molar-refractivity contribution < 1.29 is 0 Å². The van der Waals surface area contributed by atoms with E-state index in [2.05, 4.69) is 173 Å². The predicted molar refractivity (Wildman–Crippen MR) is 310 cm³/mol. The minimum atomic E-state index is -0.00902. The molecule has 72 heavy (non-hydrogen) atoms. The molecule has 2 nitrogen and oxygen atoms in total. The fraction of sp³-hybridized carbons (Fsp3) is 0.371. The Morgan fingerprint density at radius 3 is 1.00 bits per heavy atom. The average Bonchev–Trinajstić information content (AvgIpc) is 3.86. The van der Waals surface area contributed by atoms with Crippen LogP contribution in [0.25, 0.3) is 88.1 Å². The number of hydrogen-bond donors (Lipinski definition) is 0. The zero-order chi connectivity index (χ0) is 49.1. The molecule has 0 radical (unpaired) electrons. The van der Waals surface area contributed by atoms with Crippen LogP contribution in [0, 0.1) is 0 Å². The Bertz CT molecular complexity index is 3140. The van der Waals surface area contributed by atoms with Gasteiger partial charge < -0.3 is 0 Å². The topological polar surface area (TPSA) is 25.8 Å². The Morgan fingerprint density at radius 2 is 0.625 bits per heavy atom. The van der Waals surface area contributed by atoms with Crippen molar-refractivity contribution in [1.29, 1.82) is 0 Å². The summed E-state index contributed by atoms with van der Waals surface area (Å²) >= 11 is 0. The van der Waals surface area contributed by atoms with E-state index in [9.17, 15) is 0 Å². The summed E-state index contributed by atoms with van der Waals surface area (Å²) in [6.45, 7) is 9.36. The summed E-state index contributed by atoms with van der Waals surface area (Å²) in [6, 6.07) is 56.4. The molecular formula is C70H76N2. The molecule has 2 heteroatoms. The van der Waals surface area contributed by atoms with Gasteiger partial charge in [0, 0.05) is 21.6 Å². The first-order valence-corrected chi connectivity index (χ1v) is 28.6. The van der Waals surface area contributed by atoms with Crippen LogP contribution in [0.4, 0.5) is 0 Å². The molecule has 0 saturated carbocycles. The van der Waals surface area contributed by atoms with Gasteiger partial charge in [-0.15, -0.1) is 0 Å². The van der Waals surface area contributed by atoms with E-state index in [-0.39, 0.29) is 10.8 Å². The molecule has 8 aromatic carbocycles. The van der Waals surface area contributed by atoms with Crippen LogP contribution in [-0.4, -0.2) is 9.97 Å². The Balaban J connectivity index is 1.15. The van der Waals surface area contributed by atoms with Crippen LogP contribution in [0.15, 0.2) is 146 Å². The summed E-state index contributed by atoms with van der Waals surface area (Å²) in [4.78, 5) is 11.3. The highest BCUT2D eigenvalue weighted by Crippen LogP contribution is 2.57. The second-order valence-electron chi connectivity index (χ2n) is 21.9. The number of aromatic nitrogens is 2. The van der Waals surface area contributed by atoms with Crippen LogP contribution < -0.4 is 0 Å². The highest BCUT2D eigenvalue weighted by Gasteiger charge is 2.44. The normalized spacial score (nSPS) is 14.1. The van der Waals surface area contributed by atoms with Crippen LogP contribution in [-0.2, 0) is 10.8 Å². The van der Waals surface area contributed by atoms with E-state index in [0.29, 0.717) is 0 Å². The molecular weight excluding hydrogens is 869 g/mol. The molecule has 11 rings (SSSR count). The summed E-state index contributed by atoms with van der Waals surface area (Å²) in [6.07, 6.45) is 25.1. The minimum absolute atomic E-state index is 0.00902. The van der Waals surface area contributed by atoms with Crippen molar-refractivity contribution >= 4 is 43.6 Å². The van der Waals surface area contributed by atoms with E-state index < -0.39 is 0 Å². The van der Waals surface area contributed by atoms with Gasteiger partial charge in [0.2, 0.25) is 0 Å². The first-order chi connectivity index (χ1) is 35.5. The summed E-state index contributed by atoms with van der Waals surface area (Å²) in [5, 5.41) is 4.77. The van der Waals surface area contributed by atoms with Crippen molar-refractivity contribution in [3.8, 4) is 44.5 Å². The average molecular weight is 945 g/mol. The van der Waals surface area contributed by atoms with Crippen molar-refractivity contribution in [2.75, 3.05) is 0 Å². The van der Waals surface area contributed by atoms with Gasteiger partial charge in [0.25, 0.3) is 0 Å². The summed E-state index contributed by atoms with van der Waals surface area (Å²) < 4.78 is 0. The molecule has 0 amide bonds. The summed E-state index contributed by atoms with van der Waals surface area (Å²) in [7, 11) is 0. The number of nitrogens with zero attached hydrogens (tertiary/aromatic N) is 2. The molecule has 0 unspecified atom stereocenters. The highest BCUT2D eigenvalue weighted by atomic mass is 14.8. The summed E-state index contributed by atoms with van der Waals surface area (Å²) in [5.41, 5.74) is 20.8. The Labute approximate surface area is 430 Å². The first kappa shape index (κ1) is 48.2. The smallest absolute Gasteiger partial charge is 0.0979 e. The van der Waals surface area contributed by atoms with Crippen LogP contribution >= 0.6 is 0 Å². The van der Waals surface area contributed by atoms with E-state index in [1.165, 1.54) is 195 Å². The third-order valence-electron chi connectivity index (χ3n) is 17.4. The van der Waals surface area contributed by atoms with Crippen LogP contribution in [0.3, 0.4) is 0 Å². The lowest BCUT2D eigenvalue weighted by Gasteiger charge is -2.33. The molecule has 1 aromatic heterocycles. The Kier molecular flexibility index (Phi) is 14.1. The monoisotopic (exact) mass is 945 g/mol. The number of fused-ring (bicyclic) bond motifs is 13. The van der Waals surface area contributed by atoms with Crippen molar-refractivity contribution in [1.82, 2.24) is 9.97 Å². The van der Waals surface area contributed by atoms with Crippen molar-refractivity contribution in [3.63, 3.8) is 0 Å². The van der Waals surface area contributed by atoms with Crippen LogP contribution in [0.2, 0.25) is 0 Å². The quantitative estimate of drug-likeness (QED) is 0.0384. The standard InChI is InChI=1S/C70H76N2/c1-5-9-13-25-41-69(42-26-14-10-6-2)61-35-23-21-31-53(61)55-39-37-49(45-63(55)69)59-47-65-66(72-68-58-34-20-18-30-52(58)51-29-17-19-33-57(51)67(68)71-65)48-60(59)50-38-40-56-54-32-22-24-36-62(54)70(64(56)46-50,43-27-15-11-7-3)44-28-16-12-8-4/h17-24,29-40,45-48H,5-16,25-28,41-44H2,1-4H3. The van der Waals surface area contributed by atoms with E-state index in [1.54, 1.807) is 11.1 Å². The molecule has 0 atom stereocenters. The SMILES string of the molecule is CCCCCCC1(CCCCCC)c2ccccc2-c2ccc(-c3cc4nc5c6ccccc6c6ccccc6c5nc4cc3-c3ccc4c(c3)C(CCCCCC)(CCCCCC)c3ccccc3-4)cc21. The van der Waals surface area contributed by atoms with Crippen molar-refractivity contribution in [2.45, 2.75) is 167 Å². The van der Waals surface area contributed by atoms with Gasteiger partial charge in [0.1, 0.15) is 0 Å². The minimum Gasteiger partial charge on any atom is -0.244 e. The molecule has 0 saturated heterocycles. The number of hydrogen-bond acceptors (Lipinski definition) is 2. The third kappa shape index (κ3) is 8.55. The highest BCUT2D eigenvalue weighted by molar-refractivity contribution is 6.24. The third-order valence-corrected chi connectivity index (χ3v) is 17.4.